The summed E-state index contributed by atoms with van der Waals surface area (Å²) >= 11 is 13.5. The Morgan fingerprint density at radius 2 is 1.65 bits per heavy atom. The number of thiazole rings is 1. The van der Waals surface area contributed by atoms with Gasteiger partial charge >= 0.3 is 0 Å². The number of hydrogen-bond acceptors (Lipinski definition) is 3. The molecule has 0 fully saturated rings. The highest BCUT2D eigenvalue weighted by atomic mass is 35.5. The number of rotatable bonds is 2. The van der Waals surface area contributed by atoms with E-state index in [0.29, 0.717) is 25.1 Å². The third kappa shape index (κ3) is 3.04. The van der Waals surface area contributed by atoms with E-state index in [1.165, 1.54) is 11.3 Å². The third-order valence-electron chi connectivity index (χ3n) is 3.37. The molecular formula is C15H12Cl2N2O2S2. The molecule has 8 heteroatoms. The van der Waals surface area contributed by atoms with Crippen LogP contribution in [0, 0.1) is 6.92 Å². The summed E-state index contributed by atoms with van der Waals surface area (Å²) in [6.07, 6.45) is 0. The van der Waals surface area contributed by atoms with Crippen molar-refractivity contribution in [3.63, 3.8) is 0 Å². The van der Waals surface area contributed by atoms with Crippen molar-refractivity contribution in [3.05, 3.63) is 56.8 Å². The van der Waals surface area contributed by atoms with E-state index in [1.54, 1.807) is 48.0 Å². The molecule has 3 aromatic rings. The number of halogens is 2. The van der Waals surface area contributed by atoms with Crippen LogP contribution in [0.3, 0.4) is 0 Å². The van der Waals surface area contributed by atoms with E-state index >= 15 is 0 Å². The first-order valence-electron chi connectivity index (χ1n) is 6.61. The number of hydrogen-bond donors (Lipinski definition) is 0. The van der Waals surface area contributed by atoms with Gasteiger partial charge < -0.3 is 4.57 Å². The zero-order chi connectivity index (χ0) is 16.8. The van der Waals surface area contributed by atoms with Crippen molar-refractivity contribution in [2.75, 3.05) is 0 Å². The van der Waals surface area contributed by atoms with Gasteiger partial charge in [0, 0.05) is 7.05 Å². The Bertz CT molecular complexity index is 1070. The maximum Gasteiger partial charge on any atom is 0.285 e. The zero-order valence-electron chi connectivity index (χ0n) is 12.2. The van der Waals surface area contributed by atoms with Gasteiger partial charge in [0.25, 0.3) is 10.0 Å². The Labute approximate surface area is 147 Å². The van der Waals surface area contributed by atoms with Crippen molar-refractivity contribution < 1.29 is 8.42 Å². The first kappa shape index (κ1) is 16.5. The molecule has 1 heterocycles. The minimum Gasteiger partial charge on any atom is -0.318 e. The van der Waals surface area contributed by atoms with Gasteiger partial charge in [0.2, 0.25) is 4.80 Å². The molecule has 0 amide bonds. The minimum absolute atomic E-state index is 0.151. The highest BCUT2D eigenvalue weighted by molar-refractivity contribution is 7.90. The van der Waals surface area contributed by atoms with Gasteiger partial charge in [0.15, 0.2) is 0 Å². The second-order valence-corrected chi connectivity index (χ2v) is 8.43. The standard InChI is InChI=1S/C15H12Cl2N2O2S2/c1-9-3-5-10(6-4-9)23(20,21)18-15-19(2)13-11(16)7-8-12(17)14(13)22-15/h3-8H,1-2H3/b18-15-. The van der Waals surface area contributed by atoms with Gasteiger partial charge in [-0.3, -0.25) is 0 Å². The summed E-state index contributed by atoms with van der Waals surface area (Å²) in [6, 6.07) is 9.92. The van der Waals surface area contributed by atoms with Gasteiger partial charge in [-0.15, -0.1) is 4.40 Å². The zero-order valence-corrected chi connectivity index (χ0v) is 15.4. The van der Waals surface area contributed by atoms with Crippen molar-refractivity contribution in [3.8, 4) is 0 Å². The van der Waals surface area contributed by atoms with Crippen LogP contribution in [-0.2, 0) is 17.1 Å². The van der Waals surface area contributed by atoms with Crippen molar-refractivity contribution in [2.45, 2.75) is 11.8 Å². The fourth-order valence-electron chi connectivity index (χ4n) is 2.13. The second kappa shape index (κ2) is 5.94. The van der Waals surface area contributed by atoms with Crippen LogP contribution in [0.1, 0.15) is 5.56 Å². The summed E-state index contributed by atoms with van der Waals surface area (Å²) in [5.74, 6) is 0. The van der Waals surface area contributed by atoms with Crippen LogP contribution in [0.2, 0.25) is 10.0 Å². The van der Waals surface area contributed by atoms with Crippen LogP contribution in [0.25, 0.3) is 10.2 Å². The first-order valence-corrected chi connectivity index (χ1v) is 9.62. The quantitative estimate of drug-likeness (QED) is 0.664. The molecular weight excluding hydrogens is 375 g/mol. The van der Waals surface area contributed by atoms with Gasteiger partial charge in [0.1, 0.15) is 0 Å². The molecule has 0 atom stereocenters. The molecule has 0 saturated carbocycles. The summed E-state index contributed by atoms with van der Waals surface area (Å²) in [4.78, 5) is 0.466. The van der Waals surface area contributed by atoms with Crippen molar-refractivity contribution in [2.24, 2.45) is 11.4 Å². The lowest BCUT2D eigenvalue weighted by molar-refractivity contribution is 0.596. The number of nitrogens with zero attached hydrogens (tertiary/aromatic N) is 2. The SMILES string of the molecule is Cc1ccc(S(=O)(=O)/N=c2\sc3c(Cl)ccc(Cl)c3n2C)cc1. The molecule has 0 N–H and O–H groups in total. The molecule has 1 aromatic heterocycles. The number of aryl methyl sites for hydroxylation is 2. The van der Waals surface area contributed by atoms with Crippen LogP contribution < -0.4 is 4.80 Å². The van der Waals surface area contributed by atoms with E-state index in [-0.39, 0.29) is 4.90 Å². The Morgan fingerprint density at radius 1 is 1.04 bits per heavy atom. The fourth-order valence-corrected chi connectivity index (χ4v) is 5.02. The van der Waals surface area contributed by atoms with Crippen LogP contribution in [0.5, 0.6) is 0 Å². The van der Waals surface area contributed by atoms with Crippen LogP contribution in [-0.4, -0.2) is 13.0 Å². The number of aromatic nitrogens is 1. The van der Waals surface area contributed by atoms with Crippen molar-refractivity contribution >= 4 is 54.8 Å². The highest BCUT2D eigenvalue weighted by Gasteiger charge is 2.15. The lowest BCUT2D eigenvalue weighted by atomic mass is 10.2. The molecule has 120 valence electrons. The van der Waals surface area contributed by atoms with Crippen molar-refractivity contribution in [1.82, 2.24) is 4.57 Å². The molecule has 0 spiro atoms. The molecule has 0 radical (unpaired) electrons. The topological polar surface area (TPSA) is 51.4 Å². The lowest BCUT2D eigenvalue weighted by Crippen LogP contribution is -2.13. The van der Waals surface area contributed by atoms with Gasteiger partial charge in [-0.1, -0.05) is 52.2 Å². The minimum atomic E-state index is -3.80. The summed E-state index contributed by atoms with van der Waals surface area (Å²) in [7, 11) is -2.08. The van der Waals surface area contributed by atoms with Gasteiger partial charge in [0.05, 0.1) is 25.2 Å². The van der Waals surface area contributed by atoms with Crippen LogP contribution in [0.15, 0.2) is 45.7 Å². The predicted octanol–water partition coefficient (Wildman–Crippen LogP) is 4.14. The fraction of sp³-hybridized carbons (Fsp3) is 0.133. The lowest BCUT2D eigenvalue weighted by Gasteiger charge is -2.00. The van der Waals surface area contributed by atoms with Crippen molar-refractivity contribution in [1.29, 1.82) is 0 Å². The smallest absolute Gasteiger partial charge is 0.285 e. The monoisotopic (exact) mass is 386 g/mol. The maximum atomic E-state index is 12.5. The Morgan fingerprint density at radius 3 is 2.26 bits per heavy atom. The van der Waals surface area contributed by atoms with E-state index in [9.17, 15) is 8.42 Å². The van der Waals surface area contributed by atoms with Gasteiger partial charge in [-0.2, -0.15) is 8.42 Å². The largest absolute Gasteiger partial charge is 0.318 e. The molecule has 4 nitrogen and oxygen atoms in total. The van der Waals surface area contributed by atoms with Gasteiger partial charge in [-0.25, -0.2) is 0 Å². The second-order valence-electron chi connectivity index (χ2n) is 5.03. The molecule has 0 saturated heterocycles. The molecule has 0 aliphatic heterocycles. The van der Waals surface area contributed by atoms with E-state index in [1.807, 2.05) is 6.92 Å². The Kier molecular flexibility index (Phi) is 4.27. The highest BCUT2D eigenvalue weighted by Crippen LogP contribution is 2.31. The Balaban J connectivity index is 2.26. The molecule has 0 aliphatic carbocycles. The maximum absolute atomic E-state index is 12.5. The van der Waals surface area contributed by atoms with Crippen LogP contribution >= 0.6 is 34.5 Å². The van der Waals surface area contributed by atoms with E-state index < -0.39 is 10.0 Å². The summed E-state index contributed by atoms with van der Waals surface area (Å²) in [5.41, 5.74) is 1.65. The molecule has 2 aromatic carbocycles. The number of fused-ring (bicyclic) bond motifs is 1. The molecule has 0 aliphatic rings. The predicted molar refractivity (Wildman–Crippen MR) is 94.7 cm³/mol. The third-order valence-corrected chi connectivity index (χ3v) is 6.66. The van der Waals surface area contributed by atoms with E-state index in [0.717, 1.165) is 5.56 Å². The number of sulfonamides is 1. The Hall–Kier alpha value is -1.34. The van der Waals surface area contributed by atoms with E-state index in [2.05, 4.69) is 4.40 Å². The molecule has 23 heavy (non-hydrogen) atoms. The molecule has 0 unspecified atom stereocenters. The van der Waals surface area contributed by atoms with Crippen LogP contribution in [0.4, 0.5) is 0 Å². The average Bonchev–Trinajstić information content (AvgIpc) is 2.81. The van der Waals surface area contributed by atoms with E-state index in [4.69, 9.17) is 23.2 Å². The molecule has 3 rings (SSSR count). The summed E-state index contributed by atoms with van der Waals surface area (Å²) in [5, 5.41) is 1.01. The summed E-state index contributed by atoms with van der Waals surface area (Å²) < 4.78 is 31.2. The molecule has 0 bridgehead atoms. The number of benzene rings is 2. The summed E-state index contributed by atoms with van der Waals surface area (Å²) in [6.45, 7) is 1.89. The average molecular weight is 387 g/mol. The van der Waals surface area contributed by atoms with Gasteiger partial charge in [-0.05, 0) is 31.2 Å². The normalized spacial score (nSPS) is 13.0. The first-order chi connectivity index (χ1) is 10.8.